The molecule has 0 aromatic heterocycles. The molecule has 3 fully saturated rings. The van der Waals surface area contributed by atoms with E-state index in [1.54, 1.807) is 6.21 Å². The third-order valence-corrected chi connectivity index (χ3v) is 4.88. The maximum absolute atomic E-state index is 6.17. The van der Waals surface area contributed by atoms with E-state index in [1.165, 1.54) is 0 Å². The van der Waals surface area contributed by atoms with Crippen LogP contribution in [0.2, 0.25) is 0 Å². The van der Waals surface area contributed by atoms with Gasteiger partial charge in [0.25, 0.3) is 0 Å². The van der Waals surface area contributed by atoms with Gasteiger partial charge < -0.3 is 28.5 Å². The normalized spacial score (nSPS) is 37.0. The summed E-state index contributed by atoms with van der Waals surface area (Å²) in [4.78, 5) is 5.41. The van der Waals surface area contributed by atoms with Crippen molar-refractivity contribution < 1.29 is 28.5 Å². The molecule has 7 heteroatoms. The van der Waals surface area contributed by atoms with Crippen molar-refractivity contribution in [3.63, 3.8) is 0 Å². The molecule has 0 saturated carbocycles. The van der Waals surface area contributed by atoms with Crippen LogP contribution in [0.5, 0.6) is 0 Å². The second kappa shape index (κ2) is 7.14. The van der Waals surface area contributed by atoms with Gasteiger partial charge in [0, 0.05) is 0 Å². The summed E-state index contributed by atoms with van der Waals surface area (Å²) < 4.78 is 30.0. The molecular formula is C20H27NO6. The van der Waals surface area contributed by atoms with Gasteiger partial charge in [0.15, 0.2) is 11.6 Å². The van der Waals surface area contributed by atoms with Gasteiger partial charge in [-0.25, -0.2) is 0 Å². The lowest BCUT2D eigenvalue weighted by atomic mass is 10.0. The van der Waals surface area contributed by atoms with Crippen LogP contribution in [0.3, 0.4) is 0 Å². The molecule has 0 amide bonds. The van der Waals surface area contributed by atoms with Crippen LogP contribution in [-0.2, 0) is 35.1 Å². The van der Waals surface area contributed by atoms with Gasteiger partial charge in [0.05, 0.1) is 12.8 Å². The van der Waals surface area contributed by atoms with E-state index in [9.17, 15) is 0 Å². The van der Waals surface area contributed by atoms with Crippen molar-refractivity contribution in [3.05, 3.63) is 35.9 Å². The third kappa shape index (κ3) is 4.17. The Morgan fingerprint density at radius 3 is 2.44 bits per heavy atom. The number of rotatable bonds is 5. The number of benzene rings is 1. The Hall–Kier alpha value is -1.51. The van der Waals surface area contributed by atoms with Crippen molar-refractivity contribution >= 4 is 6.21 Å². The van der Waals surface area contributed by atoms with E-state index >= 15 is 0 Å². The molecule has 0 bridgehead atoms. The molecule has 0 aliphatic carbocycles. The predicted molar refractivity (Wildman–Crippen MR) is 97.1 cm³/mol. The van der Waals surface area contributed by atoms with Gasteiger partial charge in [0.2, 0.25) is 0 Å². The fourth-order valence-electron chi connectivity index (χ4n) is 3.75. The molecule has 3 aliphatic heterocycles. The van der Waals surface area contributed by atoms with E-state index in [0.29, 0.717) is 13.2 Å². The maximum atomic E-state index is 6.17. The molecule has 148 valence electrons. The van der Waals surface area contributed by atoms with Crippen LogP contribution in [0.15, 0.2) is 35.5 Å². The highest BCUT2D eigenvalue weighted by molar-refractivity contribution is 5.64. The Balaban J connectivity index is 1.41. The van der Waals surface area contributed by atoms with Gasteiger partial charge in [-0.05, 0) is 33.3 Å². The first-order chi connectivity index (χ1) is 12.8. The van der Waals surface area contributed by atoms with Crippen LogP contribution < -0.4 is 0 Å². The fourth-order valence-corrected chi connectivity index (χ4v) is 3.75. The van der Waals surface area contributed by atoms with Crippen LogP contribution in [-0.4, -0.2) is 54.9 Å². The van der Waals surface area contributed by atoms with Gasteiger partial charge >= 0.3 is 0 Å². The van der Waals surface area contributed by atoms with E-state index < -0.39 is 11.6 Å². The monoisotopic (exact) mass is 377 g/mol. The second-order valence-electron chi connectivity index (χ2n) is 8.01. The lowest BCUT2D eigenvalue weighted by Crippen LogP contribution is -2.40. The maximum Gasteiger partial charge on any atom is 0.164 e. The smallest absolute Gasteiger partial charge is 0.164 e. The van der Waals surface area contributed by atoms with Gasteiger partial charge in [-0.15, -0.1) is 0 Å². The molecule has 3 heterocycles. The summed E-state index contributed by atoms with van der Waals surface area (Å²) in [6.45, 7) is 8.45. The van der Waals surface area contributed by atoms with Gasteiger partial charge in [-0.2, -0.15) is 0 Å². The van der Waals surface area contributed by atoms with Gasteiger partial charge in [-0.1, -0.05) is 35.5 Å². The van der Waals surface area contributed by atoms with E-state index in [2.05, 4.69) is 5.16 Å². The van der Waals surface area contributed by atoms with Crippen molar-refractivity contribution in [2.45, 2.75) is 76.4 Å². The number of hydrogen-bond acceptors (Lipinski definition) is 7. The summed E-state index contributed by atoms with van der Waals surface area (Å²) in [5, 5.41) is 4.09. The van der Waals surface area contributed by atoms with E-state index in [0.717, 1.165) is 5.56 Å². The average Bonchev–Trinajstić information content (AvgIpc) is 3.23. The Kier molecular flexibility index (Phi) is 4.98. The molecule has 3 saturated heterocycles. The van der Waals surface area contributed by atoms with Crippen LogP contribution in [0.1, 0.15) is 33.3 Å². The number of ether oxygens (including phenoxy) is 5. The first-order valence-corrected chi connectivity index (χ1v) is 9.35. The topological polar surface area (TPSA) is 67.7 Å². The summed E-state index contributed by atoms with van der Waals surface area (Å²) in [7, 11) is 0. The first-order valence-electron chi connectivity index (χ1n) is 9.35. The number of fused-ring (bicyclic) bond motifs is 1. The molecule has 4 rings (SSSR count). The SMILES string of the molecule is CC1(C)O[C@@H]2[C@H](O1)[C@H](/C=N/OCc1ccccc1)O[C@@H]2[C@H]1COC(C)(C)O1. The predicted octanol–water partition coefficient (Wildman–Crippen LogP) is 2.63. The van der Waals surface area contributed by atoms with E-state index in [-0.39, 0.29) is 30.5 Å². The molecule has 1 aromatic rings. The van der Waals surface area contributed by atoms with Crippen molar-refractivity contribution in [1.29, 1.82) is 0 Å². The molecule has 7 nitrogen and oxygen atoms in total. The van der Waals surface area contributed by atoms with Gasteiger partial charge in [-0.3, -0.25) is 0 Å². The molecule has 27 heavy (non-hydrogen) atoms. The van der Waals surface area contributed by atoms with E-state index in [1.807, 2.05) is 58.0 Å². The highest BCUT2D eigenvalue weighted by atomic mass is 16.8. The van der Waals surface area contributed by atoms with Crippen LogP contribution >= 0.6 is 0 Å². The zero-order valence-corrected chi connectivity index (χ0v) is 16.2. The highest BCUT2D eigenvalue weighted by Crippen LogP contribution is 2.41. The number of nitrogens with zero attached hydrogens (tertiary/aromatic N) is 1. The Bertz CT molecular complexity index is 676. The van der Waals surface area contributed by atoms with Crippen molar-refractivity contribution in [3.8, 4) is 0 Å². The largest absolute Gasteiger partial charge is 0.391 e. The molecule has 5 atom stereocenters. The van der Waals surface area contributed by atoms with Crippen molar-refractivity contribution in [2.24, 2.45) is 5.16 Å². The van der Waals surface area contributed by atoms with Crippen molar-refractivity contribution in [2.75, 3.05) is 6.61 Å². The Labute approximate surface area is 159 Å². The van der Waals surface area contributed by atoms with Crippen LogP contribution in [0.4, 0.5) is 0 Å². The molecule has 3 aliphatic rings. The standard InChI is InChI=1S/C20H27NO6/c1-19(2)22-12-15(25-19)16-18-17(26-20(3,4)27-18)14(24-16)10-21-23-11-13-8-6-5-7-9-13/h5-10,14-18H,11-12H2,1-4H3/b21-10+/t14-,15+,16+,17+,18-/m0/s1. The highest BCUT2D eigenvalue weighted by Gasteiger charge is 2.58. The molecule has 0 radical (unpaired) electrons. The zero-order chi connectivity index (χ0) is 19.1. The lowest BCUT2D eigenvalue weighted by Gasteiger charge is -2.26. The molecule has 0 spiro atoms. The van der Waals surface area contributed by atoms with Crippen molar-refractivity contribution in [1.82, 2.24) is 0 Å². The quantitative estimate of drug-likeness (QED) is 0.580. The molecule has 1 aromatic carbocycles. The summed E-state index contributed by atoms with van der Waals surface area (Å²) in [6, 6.07) is 9.88. The summed E-state index contributed by atoms with van der Waals surface area (Å²) in [5.41, 5.74) is 1.05. The molecule has 0 N–H and O–H groups in total. The minimum atomic E-state index is -0.677. The second-order valence-corrected chi connectivity index (χ2v) is 8.01. The van der Waals surface area contributed by atoms with Crippen LogP contribution in [0, 0.1) is 0 Å². The first kappa shape index (κ1) is 18.8. The van der Waals surface area contributed by atoms with E-state index in [4.69, 9.17) is 28.5 Å². The Morgan fingerprint density at radius 1 is 1.00 bits per heavy atom. The average molecular weight is 377 g/mol. The molecular weight excluding hydrogens is 350 g/mol. The molecule has 0 unspecified atom stereocenters. The third-order valence-electron chi connectivity index (χ3n) is 4.88. The lowest BCUT2D eigenvalue weighted by molar-refractivity contribution is -0.200. The minimum absolute atomic E-state index is 0.214. The summed E-state index contributed by atoms with van der Waals surface area (Å²) >= 11 is 0. The fraction of sp³-hybridized carbons (Fsp3) is 0.650. The van der Waals surface area contributed by atoms with Gasteiger partial charge in [0.1, 0.15) is 37.1 Å². The summed E-state index contributed by atoms with van der Waals surface area (Å²) in [5.74, 6) is -1.30. The minimum Gasteiger partial charge on any atom is -0.391 e. The van der Waals surface area contributed by atoms with Crippen LogP contribution in [0.25, 0.3) is 0 Å². The summed E-state index contributed by atoms with van der Waals surface area (Å²) in [6.07, 6.45) is 0.267. The number of oxime groups is 1. The Morgan fingerprint density at radius 2 is 1.74 bits per heavy atom. The zero-order valence-electron chi connectivity index (χ0n) is 16.2. The number of hydrogen-bond donors (Lipinski definition) is 0.